The normalized spacial score (nSPS) is 31.5. The number of ether oxygens (including phenoxy) is 1. The SMILES string of the molecule is CCCN1CC=C[C@@]2(C)O[C@]34C=CCN(c5ccc(N(CC)CC)cc5)C(=O)C3N([C@@H](CO)[C@@H](C)CC)C(=O)[C@@H]4[C@H]2C1=O. The summed E-state index contributed by atoms with van der Waals surface area (Å²) in [5.41, 5.74) is -0.599. The van der Waals surface area contributed by atoms with Crippen LogP contribution in [0.1, 0.15) is 54.4 Å². The molecule has 4 aliphatic rings. The predicted molar refractivity (Wildman–Crippen MR) is 168 cm³/mol. The summed E-state index contributed by atoms with van der Waals surface area (Å²) >= 11 is 0. The van der Waals surface area contributed by atoms with Gasteiger partial charge in [0.2, 0.25) is 11.8 Å². The van der Waals surface area contributed by atoms with Gasteiger partial charge in [-0.2, -0.15) is 0 Å². The second-order valence-corrected chi connectivity index (χ2v) is 12.6. The first kappa shape index (κ1) is 31.3. The fraction of sp³-hybridized carbons (Fsp3) is 0.618. The van der Waals surface area contributed by atoms with Crippen LogP contribution < -0.4 is 9.80 Å². The molecule has 234 valence electrons. The van der Waals surface area contributed by atoms with Gasteiger partial charge >= 0.3 is 0 Å². The summed E-state index contributed by atoms with van der Waals surface area (Å²) in [6.45, 7) is 14.9. The standard InChI is InChI=1S/C34H48N4O5/c1-7-19-36-20-11-17-33(6)27(30(36)40)28-31(41)38(26(22-39)23(5)8-2)29-32(42)37(21-12-18-34(28,29)43-33)25-15-13-24(14-16-25)35(9-3)10-4/h11-18,23,26-29,39H,7-10,19-22H2,1-6H3/t23-,26-,27-,28-,29?,33+,34-/m0/s1. The Bertz CT molecular complexity index is 1280. The second-order valence-electron chi connectivity index (χ2n) is 12.6. The van der Waals surface area contributed by atoms with Gasteiger partial charge in [-0.25, -0.2) is 0 Å². The van der Waals surface area contributed by atoms with E-state index in [-0.39, 0.29) is 30.2 Å². The molecule has 9 nitrogen and oxygen atoms in total. The molecule has 1 aromatic carbocycles. The first-order valence-corrected chi connectivity index (χ1v) is 16.1. The Hall–Kier alpha value is -3.17. The summed E-state index contributed by atoms with van der Waals surface area (Å²) in [5, 5.41) is 10.6. The highest BCUT2D eigenvalue weighted by atomic mass is 16.5. The van der Waals surface area contributed by atoms with Crippen LogP contribution in [-0.4, -0.2) is 95.2 Å². The smallest absolute Gasteiger partial charge is 0.253 e. The highest BCUT2D eigenvalue weighted by Crippen LogP contribution is 2.58. The van der Waals surface area contributed by atoms with Gasteiger partial charge in [-0.1, -0.05) is 51.5 Å². The number of benzene rings is 1. The van der Waals surface area contributed by atoms with Gasteiger partial charge in [-0.15, -0.1) is 0 Å². The number of aliphatic hydroxyl groups is 1. The van der Waals surface area contributed by atoms with E-state index in [4.69, 9.17) is 4.74 Å². The number of amides is 3. The van der Waals surface area contributed by atoms with Gasteiger partial charge in [-0.05, 0) is 57.4 Å². The predicted octanol–water partition coefficient (Wildman–Crippen LogP) is 3.62. The Kier molecular flexibility index (Phi) is 8.78. The van der Waals surface area contributed by atoms with Gasteiger partial charge in [0.05, 0.1) is 30.1 Å². The van der Waals surface area contributed by atoms with Gasteiger partial charge in [0.25, 0.3) is 5.91 Å². The maximum Gasteiger partial charge on any atom is 0.253 e. The van der Waals surface area contributed by atoms with E-state index in [0.29, 0.717) is 26.1 Å². The minimum Gasteiger partial charge on any atom is -0.394 e. The van der Waals surface area contributed by atoms with E-state index in [2.05, 4.69) is 18.7 Å². The van der Waals surface area contributed by atoms with Gasteiger partial charge in [-0.3, -0.25) is 14.4 Å². The summed E-state index contributed by atoms with van der Waals surface area (Å²) in [6, 6.07) is 6.32. The summed E-state index contributed by atoms with van der Waals surface area (Å²) in [7, 11) is 0. The summed E-state index contributed by atoms with van der Waals surface area (Å²) in [6.07, 6.45) is 9.15. The molecule has 4 heterocycles. The van der Waals surface area contributed by atoms with Crippen LogP contribution in [0.5, 0.6) is 0 Å². The third-order valence-corrected chi connectivity index (χ3v) is 10.2. The fourth-order valence-corrected chi connectivity index (χ4v) is 7.82. The van der Waals surface area contributed by atoms with E-state index in [1.54, 1.807) is 14.7 Å². The van der Waals surface area contributed by atoms with Crippen molar-refractivity contribution in [1.29, 1.82) is 0 Å². The van der Waals surface area contributed by atoms with Gasteiger partial charge < -0.3 is 29.4 Å². The molecule has 0 radical (unpaired) electrons. The topological polar surface area (TPSA) is 93.6 Å². The molecule has 4 aliphatic heterocycles. The van der Waals surface area contributed by atoms with E-state index in [1.807, 2.05) is 76.3 Å². The molecular weight excluding hydrogens is 544 g/mol. The van der Waals surface area contributed by atoms with Crippen molar-refractivity contribution >= 4 is 29.1 Å². The molecule has 1 N–H and O–H groups in total. The van der Waals surface area contributed by atoms with Crippen molar-refractivity contribution in [2.24, 2.45) is 17.8 Å². The number of carbonyl (C=O) groups excluding carboxylic acids is 3. The summed E-state index contributed by atoms with van der Waals surface area (Å²) in [5.74, 6) is -2.43. The lowest BCUT2D eigenvalue weighted by molar-refractivity contribution is -0.152. The molecule has 0 aromatic heterocycles. The van der Waals surface area contributed by atoms with Crippen molar-refractivity contribution in [3.8, 4) is 0 Å². The van der Waals surface area contributed by atoms with Crippen molar-refractivity contribution in [3.63, 3.8) is 0 Å². The summed E-state index contributed by atoms with van der Waals surface area (Å²) in [4.78, 5) is 51.0. The second kappa shape index (κ2) is 12.1. The number of carbonyl (C=O) groups is 3. The molecule has 2 saturated heterocycles. The van der Waals surface area contributed by atoms with Crippen LogP contribution in [-0.2, 0) is 19.1 Å². The molecule has 3 amide bonds. The molecule has 43 heavy (non-hydrogen) atoms. The van der Waals surface area contributed by atoms with E-state index in [9.17, 15) is 19.5 Å². The van der Waals surface area contributed by atoms with Crippen LogP contribution in [0.2, 0.25) is 0 Å². The van der Waals surface area contributed by atoms with E-state index in [1.165, 1.54) is 0 Å². The van der Waals surface area contributed by atoms with Crippen LogP contribution in [0.4, 0.5) is 11.4 Å². The number of hydrogen-bond donors (Lipinski definition) is 1. The minimum atomic E-state index is -1.35. The lowest BCUT2D eigenvalue weighted by Crippen LogP contribution is -2.60. The molecule has 1 spiro atoms. The molecule has 1 aromatic rings. The first-order chi connectivity index (χ1) is 20.6. The maximum atomic E-state index is 14.8. The number of nitrogens with zero attached hydrogens (tertiary/aromatic N) is 4. The van der Waals surface area contributed by atoms with Crippen molar-refractivity contribution in [2.45, 2.75) is 77.7 Å². The maximum absolute atomic E-state index is 14.8. The van der Waals surface area contributed by atoms with Crippen LogP contribution in [0.3, 0.4) is 0 Å². The highest BCUT2D eigenvalue weighted by molar-refractivity contribution is 6.06. The van der Waals surface area contributed by atoms with Crippen molar-refractivity contribution in [1.82, 2.24) is 9.80 Å². The number of hydrogen-bond acceptors (Lipinski definition) is 6. The Labute approximate surface area is 256 Å². The van der Waals surface area contributed by atoms with Crippen LogP contribution in [0.25, 0.3) is 0 Å². The quantitative estimate of drug-likeness (QED) is 0.418. The average molecular weight is 593 g/mol. The first-order valence-electron chi connectivity index (χ1n) is 16.1. The zero-order valence-electron chi connectivity index (χ0n) is 26.5. The van der Waals surface area contributed by atoms with Crippen LogP contribution in [0.15, 0.2) is 48.6 Å². The van der Waals surface area contributed by atoms with Crippen LogP contribution >= 0.6 is 0 Å². The Balaban J connectivity index is 1.63. The largest absolute Gasteiger partial charge is 0.394 e. The fourth-order valence-electron chi connectivity index (χ4n) is 7.82. The van der Waals surface area contributed by atoms with Crippen molar-refractivity contribution in [3.05, 3.63) is 48.6 Å². The van der Waals surface area contributed by atoms with Gasteiger partial charge in [0, 0.05) is 44.1 Å². The van der Waals surface area contributed by atoms with Crippen molar-refractivity contribution < 1.29 is 24.2 Å². The highest BCUT2D eigenvalue weighted by Gasteiger charge is 2.75. The van der Waals surface area contributed by atoms with E-state index >= 15 is 0 Å². The number of likely N-dealkylation sites (tertiary alicyclic amines) is 1. The molecule has 0 bridgehead atoms. The van der Waals surface area contributed by atoms with Crippen molar-refractivity contribution in [2.75, 3.05) is 49.1 Å². The molecular formula is C34H48N4O5. The molecule has 7 atom stereocenters. The lowest BCUT2D eigenvalue weighted by Gasteiger charge is -2.41. The molecule has 0 aliphatic carbocycles. The molecule has 9 heteroatoms. The number of fused-ring (bicyclic) bond motifs is 2. The third-order valence-electron chi connectivity index (χ3n) is 10.2. The Morgan fingerprint density at radius 1 is 0.953 bits per heavy atom. The summed E-state index contributed by atoms with van der Waals surface area (Å²) < 4.78 is 6.95. The zero-order chi connectivity index (χ0) is 31.1. The zero-order valence-corrected chi connectivity index (χ0v) is 26.5. The molecule has 5 rings (SSSR count). The molecule has 1 unspecified atom stereocenters. The minimum absolute atomic E-state index is 0.0700. The Morgan fingerprint density at radius 2 is 1.63 bits per heavy atom. The molecule has 2 fully saturated rings. The van der Waals surface area contributed by atoms with E-state index < -0.39 is 35.1 Å². The van der Waals surface area contributed by atoms with Gasteiger partial charge in [0.1, 0.15) is 11.6 Å². The lowest BCUT2D eigenvalue weighted by atomic mass is 9.74. The molecule has 0 saturated carbocycles. The monoisotopic (exact) mass is 592 g/mol. The third kappa shape index (κ3) is 4.89. The number of rotatable bonds is 10. The van der Waals surface area contributed by atoms with Gasteiger partial charge in [0.15, 0.2) is 0 Å². The van der Waals surface area contributed by atoms with Crippen LogP contribution in [0, 0.1) is 17.8 Å². The average Bonchev–Trinajstić information content (AvgIpc) is 3.27. The Morgan fingerprint density at radius 3 is 2.23 bits per heavy atom. The number of aliphatic hydroxyl groups excluding tert-OH is 1. The number of anilines is 2. The van der Waals surface area contributed by atoms with E-state index in [0.717, 1.165) is 30.9 Å².